The summed E-state index contributed by atoms with van der Waals surface area (Å²) >= 11 is 0. The predicted molar refractivity (Wildman–Crippen MR) is 86.9 cm³/mol. The van der Waals surface area contributed by atoms with Gasteiger partial charge in [0.15, 0.2) is 17.0 Å². The topological polar surface area (TPSA) is 92.9 Å². The highest BCUT2D eigenvalue weighted by Crippen LogP contribution is 2.68. The molecule has 3 aliphatic rings. The molecule has 3 saturated carbocycles. The van der Waals surface area contributed by atoms with E-state index in [1.54, 1.807) is 6.33 Å². The summed E-state index contributed by atoms with van der Waals surface area (Å²) in [5, 5.41) is 12.7. The zero-order valence-electron chi connectivity index (χ0n) is 12.8. The first-order valence-corrected chi connectivity index (χ1v) is 7.86. The predicted octanol–water partition coefficient (Wildman–Crippen LogP) is 2.23. The monoisotopic (exact) mass is 321 g/mol. The minimum atomic E-state index is -0.688. The first-order chi connectivity index (χ1) is 11.6. The Kier molecular flexibility index (Phi) is 2.42. The summed E-state index contributed by atoms with van der Waals surface area (Å²) in [7, 11) is 0. The van der Waals surface area contributed by atoms with Crippen LogP contribution in [0.1, 0.15) is 19.3 Å². The molecule has 0 unspecified atom stereocenters. The number of nitrogens with zero attached hydrogens (tertiary/aromatic N) is 4. The molecule has 0 atom stereocenters. The smallest absolute Gasteiger partial charge is 0.309 e. The summed E-state index contributed by atoms with van der Waals surface area (Å²) in [6.07, 6.45) is 5.21. The average molecular weight is 321 g/mol. The molecule has 120 valence electrons. The van der Waals surface area contributed by atoms with Crippen molar-refractivity contribution in [1.82, 2.24) is 19.5 Å². The Morgan fingerprint density at radius 3 is 2.58 bits per heavy atom. The molecule has 3 fully saturated rings. The molecular formula is C17H15N5O2. The van der Waals surface area contributed by atoms with E-state index in [-0.39, 0.29) is 5.54 Å². The Labute approximate surface area is 137 Å². The Morgan fingerprint density at radius 2 is 1.88 bits per heavy atom. The molecule has 1 aromatic carbocycles. The number of aromatic nitrogens is 4. The molecule has 2 heterocycles. The fourth-order valence-electron chi connectivity index (χ4n) is 4.10. The van der Waals surface area contributed by atoms with Gasteiger partial charge in [-0.15, -0.1) is 0 Å². The Morgan fingerprint density at radius 1 is 1.12 bits per heavy atom. The first kappa shape index (κ1) is 13.5. The summed E-state index contributed by atoms with van der Waals surface area (Å²) in [6.45, 7) is 0. The summed E-state index contributed by atoms with van der Waals surface area (Å²) < 4.78 is 1.92. The van der Waals surface area contributed by atoms with Crippen LogP contribution >= 0.6 is 0 Å². The zero-order valence-corrected chi connectivity index (χ0v) is 12.8. The molecule has 3 aliphatic carbocycles. The molecule has 2 N–H and O–H groups in total. The molecule has 0 spiro atoms. The number of fused-ring (bicyclic) bond motifs is 1. The molecule has 0 amide bonds. The average Bonchev–Trinajstić information content (AvgIpc) is 2.94. The summed E-state index contributed by atoms with van der Waals surface area (Å²) in [5.74, 6) is -0.0132. The SMILES string of the molecule is O=C(O)C12CC(Nc3ncnc4c3ncn4-c3ccccc3)(C1)C2. The van der Waals surface area contributed by atoms with Gasteiger partial charge < -0.3 is 10.4 Å². The maximum Gasteiger partial charge on any atom is 0.309 e. The molecule has 0 aliphatic heterocycles. The van der Waals surface area contributed by atoms with Gasteiger partial charge in [0.2, 0.25) is 0 Å². The minimum absolute atomic E-state index is 0.143. The standard InChI is InChI=1S/C17H15N5O2/c23-15(24)16-6-17(7-16,8-16)21-13-12-14(19-9-18-13)22(10-20-12)11-4-2-1-3-5-11/h1-5,9-10H,6-8H2,(H,23,24)(H,18,19,21). The number of rotatable bonds is 4. The lowest BCUT2D eigenvalue weighted by molar-refractivity contribution is -0.186. The van der Waals surface area contributed by atoms with Crippen molar-refractivity contribution in [3.8, 4) is 5.69 Å². The van der Waals surface area contributed by atoms with Crippen molar-refractivity contribution in [2.75, 3.05) is 5.32 Å². The van der Waals surface area contributed by atoms with Gasteiger partial charge in [0.25, 0.3) is 0 Å². The number of carboxylic acids is 1. The quantitative estimate of drug-likeness (QED) is 0.765. The number of anilines is 1. The number of carboxylic acid groups (broad SMARTS) is 1. The van der Waals surface area contributed by atoms with Gasteiger partial charge in [-0.2, -0.15) is 0 Å². The van der Waals surface area contributed by atoms with E-state index >= 15 is 0 Å². The van der Waals surface area contributed by atoms with Crippen molar-refractivity contribution >= 4 is 23.0 Å². The molecule has 2 aromatic heterocycles. The number of para-hydroxylation sites is 1. The molecule has 6 rings (SSSR count). The van der Waals surface area contributed by atoms with Crippen LogP contribution in [0.2, 0.25) is 0 Å². The van der Waals surface area contributed by atoms with Crippen LogP contribution in [-0.4, -0.2) is 36.1 Å². The Bertz CT molecular complexity index is 946. The van der Waals surface area contributed by atoms with E-state index < -0.39 is 11.4 Å². The van der Waals surface area contributed by atoms with Crippen molar-refractivity contribution in [1.29, 1.82) is 0 Å². The lowest BCUT2D eigenvalue weighted by atomic mass is 9.39. The van der Waals surface area contributed by atoms with Crippen LogP contribution in [0.5, 0.6) is 0 Å². The fraction of sp³-hybridized carbons (Fsp3) is 0.294. The molecule has 0 saturated heterocycles. The van der Waals surface area contributed by atoms with Gasteiger partial charge in [-0.25, -0.2) is 15.0 Å². The lowest BCUT2D eigenvalue weighted by Gasteiger charge is -2.68. The van der Waals surface area contributed by atoms with E-state index in [1.165, 1.54) is 6.33 Å². The highest BCUT2D eigenvalue weighted by Gasteiger charge is 2.72. The van der Waals surface area contributed by atoms with E-state index in [9.17, 15) is 9.90 Å². The largest absolute Gasteiger partial charge is 0.481 e. The van der Waals surface area contributed by atoms with Crippen LogP contribution in [-0.2, 0) is 4.79 Å². The van der Waals surface area contributed by atoms with Crippen molar-refractivity contribution in [3.63, 3.8) is 0 Å². The summed E-state index contributed by atoms with van der Waals surface area (Å²) in [5.41, 5.74) is 1.77. The van der Waals surface area contributed by atoms with Gasteiger partial charge >= 0.3 is 5.97 Å². The van der Waals surface area contributed by atoms with E-state index in [2.05, 4.69) is 20.3 Å². The number of aliphatic carboxylic acids is 1. The normalized spacial score (nSPS) is 27.3. The Hall–Kier alpha value is -2.96. The van der Waals surface area contributed by atoms with Gasteiger partial charge in [0, 0.05) is 11.2 Å². The maximum absolute atomic E-state index is 11.2. The molecule has 2 bridgehead atoms. The Balaban J connectivity index is 1.49. The number of imidazole rings is 1. The number of benzene rings is 1. The number of hydrogen-bond donors (Lipinski definition) is 2. The zero-order chi connectivity index (χ0) is 16.4. The van der Waals surface area contributed by atoms with E-state index in [1.807, 2.05) is 34.9 Å². The molecule has 7 heteroatoms. The minimum Gasteiger partial charge on any atom is -0.481 e. The first-order valence-electron chi connectivity index (χ1n) is 7.86. The second-order valence-electron chi connectivity index (χ2n) is 6.87. The maximum atomic E-state index is 11.2. The highest BCUT2D eigenvalue weighted by atomic mass is 16.4. The van der Waals surface area contributed by atoms with Gasteiger partial charge in [0.1, 0.15) is 12.7 Å². The van der Waals surface area contributed by atoms with E-state index in [0.29, 0.717) is 30.6 Å². The van der Waals surface area contributed by atoms with Crippen molar-refractivity contribution < 1.29 is 9.90 Å². The molecule has 24 heavy (non-hydrogen) atoms. The second-order valence-corrected chi connectivity index (χ2v) is 6.87. The molecule has 0 radical (unpaired) electrons. The summed E-state index contributed by atoms with van der Waals surface area (Å²) in [6, 6.07) is 9.89. The fourth-order valence-corrected chi connectivity index (χ4v) is 4.10. The van der Waals surface area contributed by atoms with Crippen molar-refractivity contribution in [2.24, 2.45) is 5.41 Å². The molecular weight excluding hydrogens is 306 g/mol. The van der Waals surface area contributed by atoms with Crippen LogP contribution < -0.4 is 5.32 Å². The lowest BCUT2D eigenvalue weighted by Crippen LogP contribution is -2.73. The summed E-state index contributed by atoms with van der Waals surface area (Å²) in [4.78, 5) is 24.4. The van der Waals surface area contributed by atoms with E-state index in [4.69, 9.17) is 0 Å². The molecule has 3 aromatic rings. The number of carbonyl (C=O) groups is 1. The van der Waals surface area contributed by atoms with Gasteiger partial charge in [-0.3, -0.25) is 9.36 Å². The second kappa shape index (κ2) is 4.31. The van der Waals surface area contributed by atoms with Crippen molar-refractivity contribution in [2.45, 2.75) is 24.8 Å². The van der Waals surface area contributed by atoms with Gasteiger partial charge in [-0.05, 0) is 31.4 Å². The van der Waals surface area contributed by atoms with Crippen LogP contribution in [0.15, 0.2) is 43.0 Å². The van der Waals surface area contributed by atoms with Crippen LogP contribution in [0.4, 0.5) is 5.82 Å². The highest BCUT2D eigenvalue weighted by molar-refractivity contribution is 5.86. The van der Waals surface area contributed by atoms with Crippen LogP contribution in [0, 0.1) is 5.41 Å². The van der Waals surface area contributed by atoms with Crippen LogP contribution in [0.3, 0.4) is 0 Å². The third-order valence-corrected chi connectivity index (χ3v) is 5.24. The molecule has 7 nitrogen and oxygen atoms in total. The number of nitrogens with one attached hydrogen (secondary N) is 1. The van der Waals surface area contributed by atoms with Gasteiger partial charge in [-0.1, -0.05) is 18.2 Å². The third-order valence-electron chi connectivity index (χ3n) is 5.24. The number of hydrogen-bond acceptors (Lipinski definition) is 5. The van der Waals surface area contributed by atoms with Crippen molar-refractivity contribution in [3.05, 3.63) is 43.0 Å². The third kappa shape index (κ3) is 1.66. The van der Waals surface area contributed by atoms with Crippen LogP contribution in [0.25, 0.3) is 16.9 Å². The van der Waals surface area contributed by atoms with E-state index in [0.717, 1.165) is 11.3 Å². The van der Waals surface area contributed by atoms with Gasteiger partial charge in [0.05, 0.1) is 5.41 Å².